The van der Waals surface area contributed by atoms with Crippen molar-refractivity contribution in [3.63, 3.8) is 0 Å². The molecule has 0 aliphatic carbocycles. The van der Waals surface area contributed by atoms with E-state index >= 15 is 0 Å². The average Bonchev–Trinajstić information content (AvgIpc) is 3.04. The topological polar surface area (TPSA) is 90.6 Å². The number of benzene rings is 2. The number of nitriles is 1. The zero-order valence-corrected chi connectivity index (χ0v) is 15.9. The highest BCUT2D eigenvalue weighted by Gasteiger charge is 2.54. The Balaban J connectivity index is 1.93. The lowest BCUT2D eigenvalue weighted by Gasteiger charge is -2.33. The van der Waals surface area contributed by atoms with Gasteiger partial charge in [0, 0.05) is 18.5 Å². The summed E-state index contributed by atoms with van der Waals surface area (Å²) in [6, 6.07) is 17.0. The standard InChI is InChI=1S/C22H22N2O4/c1-15-5-3-4-6-19(15)16-7-9-17(10-8-16)20(26)24-14-18(25)13-22(24,11-12-23)21(27)28-2/h3-10,18,25H,11,13-14H2,1-2H3/t18-,22+/m1/s1. The lowest BCUT2D eigenvalue weighted by Crippen LogP contribution is -2.53. The summed E-state index contributed by atoms with van der Waals surface area (Å²) >= 11 is 0. The molecule has 28 heavy (non-hydrogen) atoms. The molecule has 1 N–H and O–H groups in total. The van der Waals surface area contributed by atoms with Crippen molar-refractivity contribution in [2.45, 2.75) is 31.4 Å². The van der Waals surface area contributed by atoms with Crippen LogP contribution in [0.2, 0.25) is 0 Å². The Bertz CT molecular complexity index is 932. The van der Waals surface area contributed by atoms with Crippen LogP contribution >= 0.6 is 0 Å². The van der Waals surface area contributed by atoms with E-state index in [0.29, 0.717) is 5.56 Å². The number of hydrogen-bond acceptors (Lipinski definition) is 5. The van der Waals surface area contributed by atoms with Gasteiger partial charge in [0.15, 0.2) is 5.54 Å². The highest BCUT2D eigenvalue weighted by atomic mass is 16.5. The van der Waals surface area contributed by atoms with Gasteiger partial charge in [0.2, 0.25) is 0 Å². The molecule has 0 aromatic heterocycles. The van der Waals surface area contributed by atoms with Gasteiger partial charge in [-0.3, -0.25) is 4.79 Å². The summed E-state index contributed by atoms with van der Waals surface area (Å²) < 4.78 is 4.85. The number of aliphatic hydroxyl groups is 1. The first kappa shape index (κ1) is 19.6. The van der Waals surface area contributed by atoms with Crippen LogP contribution in [0.1, 0.15) is 28.8 Å². The van der Waals surface area contributed by atoms with Crippen molar-refractivity contribution in [1.82, 2.24) is 4.90 Å². The molecule has 6 nitrogen and oxygen atoms in total. The van der Waals surface area contributed by atoms with E-state index in [1.165, 1.54) is 12.0 Å². The SMILES string of the molecule is COC(=O)[C@]1(CC#N)C[C@@H](O)CN1C(=O)c1ccc(-c2ccccc2C)cc1. The van der Waals surface area contributed by atoms with E-state index in [9.17, 15) is 20.0 Å². The Labute approximate surface area is 164 Å². The zero-order valence-electron chi connectivity index (χ0n) is 15.9. The van der Waals surface area contributed by atoms with E-state index < -0.39 is 23.5 Å². The molecule has 3 rings (SSSR count). The van der Waals surface area contributed by atoms with Crippen LogP contribution in [0.25, 0.3) is 11.1 Å². The number of hydrogen-bond donors (Lipinski definition) is 1. The molecule has 0 spiro atoms. The molecule has 144 valence electrons. The molecule has 1 heterocycles. The second-order valence-electron chi connectivity index (χ2n) is 7.02. The van der Waals surface area contributed by atoms with Crippen LogP contribution in [-0.2, 0) is 9.53 Å². The molecule has 1 amide bonds. The van der Waals surface area contributed by atoms with E-state index in [-0.39, 0.29) is 19.4 Å². The fraction of sp³-hybridized carbons (Fsp3) is 0.318. The van der Waals surface area contributed by atoms with Gasteiger partial charge < -0.3 is 14.7 Å². The van der Waals surface area contributed by atoms with Crippen LogP contribution in [0, 0.1) is 18.3 Å². The van der Waals surface area contributed by atoms with Crippen molar-refractivity contribution in [2.75, 3.05) is 13.7 Å². The molecular formula is C22H22N2O4. The van der Waals surface area contributed by atoms with Crippen molar-refractivity contribution in [3.8, 4) is 17.2 Å². The summed E-state index contributed by atoms with van der Waals surface area (Å²) in [7, 11) is 1.21. The minimum atomic E-state index is -1.46. The van der Waals surface area contributed by atoms with Gasteiger partial charge in [-0.2, -0.15) is 5.26 Å². The van der Waals surface area contributed by atoms with Gasteiger partial charge in [-0.05, 0) is 35.7 Å². The van der Waals surface area contributed by atoms with E-state index in [1.807, 2.05) is 49.4 Å². The number of aliphatic hydroxyl groups excluding tert-OH is 1. The van der Waals surface area contributed by atoms with E-state index in [2.05, 4.69) is 0 Å². The first-order valence-corrected chi connectivity index (χ1v) is 9.04. The number of esters is 1. The highest BCUT2D eigenvalue weighted by molar-refractivity contribution is 5.99. The van der Waals surface area contributed by atoms with E-state index in [0.717, 1.165) is 16.7 Å². The fourth-order valence-electron chi connectivity index (χ4n) is 3.83. The lowest BCUT2D eigenvalue weighted by atomic mass is 9.91. The number of aryl methyl sites for hydroxylation is 1. The number of methoxy groups -OCH3 is 1. The normalized spacial score (nSPS) is 21.2. The van der Waals surface area contributed by atoms with Crippen LogP contribution < -0.4 is 0 Å². The third-order valence-corrected chi connectivity index (χ3v) is 5.25. The van der Waals surface area contributed by atoms with Crippen LogP contribution in [0.3, 0.4) is 0 Å². The molecular weight excluding hydrogens is 356 g/mol. The van der Waals surface area contributed by atoms with Gasteiger partial charge in [0.1, 0.15) is 0 Å². The van der Waals surface area contributed by atoms with Crippen molar-refractivity contribution >= 4 is 11.9 Å². The van der Waals surface area contributed by atoms with Crippen LogP contribution in [0.5, 0.6) is 0 Å². The van der Waals surface area contributed by atoms with E-state index in [1.54, 1.807) is 12.1 Å². The maximum absolute atomic E-state index is 13.1. The number of carbonyl (C=O) groups is 2. The molecule has 0 unspecified atom stereocenters. The van der Waals surface area contributed by atoms with Gasteiger partial charge in [0.05, 0.1) is 25.7 Å². The minimum Gasteiger partial charge on any atom is -0.467 e. The number of carbonyl (C=O) groups excluding carboxylic acids is 2. The minimum absolute atomic E-state index is 0.0136. The van der Waals surface area contributed by atoms with Crippen LogP contribution in [-0.4, -0.2) is 47.2 Å². The smallest absolute Gasteiger partial charge is 0.332 e. The Hall–Kier alpha value is -3.17. The second kappa shape index (κ2) is 7.83. The first-order chi connectivity index (χ1) is 13.4. The van der Waals surface area contributed by atoms with Crippen molar-refractivity contribution < 1.29 is 19.4 Å². The highest BCUT2D eigenvalue weighted by Crippen LogP contribution is 2.35. The molecule has 0 saturated carbocycles. The summed E-state index contributed by atoms with van der Waals surface area (Å²) in [5, 5.41) is 19.3. The number of likely N-dealkylation sites (tertiary alicyclic amines) is 1. The molecule has 1 aliphatic rings. The van der Waals surface area contributed by atoms with Gasteiger partial charge in [-0.15, -0.1) is 0 Å². The summed E-state index contributed by atoms with van der Waals surface area (Å²) in [5.74, 6) is -1.09. The molecule has 2 aromatic rings. The molecule has 1 saturated heterocycles. The molecule has 6 heteroatoms. The fourth-order valence-corrected chi connectivity index (χ4v) is 3.83. The predicted molar refractivity (Wildman–Crippen MR) is 103 cm³/mol. The predicted octanol–water partition coefficient (Wildman–Crippen LogP) is 2.69. The Morgan fingerprint density at radius 3 is 2.54 bits per heavy atom. The lowest BCUT2D eigenvalue weighted by molar-refractivity contribution is -0.152. The third kappa shape index (κ3) is 3.37. The molecule has 1 aliphatic heterocycles. The number of amides is 1. The maximum Gasteiger partial charge on any atom is 0.332 e. The van der Waals surface area contributed by atoms with Gasteiger partial charge in [-0.25, -0.2) is 4.79 Å². The Morgan fingerprint density at radius 1 is 1.25 bits per heavy atom. The monoisotopic (exact) mass is 378 g/mol. The first-order valence-electron chi connectivity index (χ1n) is 9.04. The summed E-state index contributed by atoms with van der Waals surface area (Å²) in [5.41, 5.74) is 2.11. The Morgan fingerprint density at radius 2 is 1.93 bits per heavy atom. The largest absolute Gasteiger partial charge is 0.467 e. The molecule has 0 bridgehead atoms. The Kier molecular flexibility index (Phi) is 5.48. The number of β-amino-alcohol motifs (C(OH)–C–C–N with tert-alkyl or cyclic N) is 1. The van der Waals surface area contributed by atoms with Gasteiger partial charge in [0.25, 0.3) is 5.91 Å². The zero-order chi connectivity index (χ0) is 20.3. The summed E-state index contributed by atoms with van der Waals surface area (Å²) in [6.45, 7) is 2.00. The van der Waals surface area contributed by atoms with Crippen molar-refractivity contribution in [2.24, 2.45) is 0 Å². The van der Waals surface area contributed by atoms with Crippen molar-refractivity contribution in [1.29, 1.82) is 5.26 Å². The molecule has 0 radical (unpaired) electrons. The summed E-state index contributed by atoms with van der Waals surface area (Å²) in [4.78, 5) is 26.8. The summed E-state index contributed by atoms with van der Waals surface area (Å²) in [6.07, 6.45) is -1.13. The average molecular weight is 378 g/mol. The molecule has 2 atom stereocenters. The van der Waals surface area contributed by atoms with Gasteiger partial charge in [-0.1, -0.05) is 36.4 Å². The number of ether oxygens (including phenoxy) is 1. The third-order valence-electron chi connectivity index (χ3n) is 5.25. The van der Waals surface area contributed by atoms with Crippen LogP contribution in [0.15, 0.2) is 48.5 Å². The number of rotatable bonds is 4. The van der Waals surface area contributed by atoms with Gasteiger partial charge >= 0.3 is 5.97 Å². The maximum atomic E-state index is 13.1. The molecule has 1 fully saturated rings. The molecule has 2 aromatic carbocycles. The second-order valence-corrected chi connectivity index (χ2v) is 7.02. The van der Waals surface area contributed by atoms with Crippen molar-refractivity contribution in [3.05, 3.63) is 59.7 Å². The number of nitrogens with zero attached hydrogens (tertiary/aromatic N) is 2. The van der Waals surface area contributed by atoms with Crippen LogP contribution in [0.4, 0.5) is 0 Å². The quantitative estimate of drug-likeness (QED) is 0.826. The van der Waals surface area contributed by atoms with E-state index in [4.69, 9.17) is 4.74 Å².